The van der Waals surface area contributed by atoms with E-state index in [1.165, 1.54) is 4.90 Å². The number of carbonyl (C=O) groups excluding carboxylic acids is 2. The van der Waals surface area contributed by atoms with Gasteiger partial charge in [0.1, 0.15) is 17.5 Å². The van der Waals surface area contributed by atoms with Crippen LogP contribution in [0.3, 0.4) is 0 Å². The number of ether oxygens (including phenoxy) is 2. The number of nitrogens with one attached hydrogen (secondary N) is 1. The molecule has 4 rings (SSSR count). The molecular formula is C31H28Cl2N2O4. The SMILES string of the molecule is COc1ccccc1CNC(=O)[C@@H](c1ccccc1)N(Cc1ccc(Cl)cc1)C(=O)COc1ccccc1Cl. The largest absolute Gasteiger partial charge is 0.496 e. The molecule has 0 aliphatic carbocycles. The maximum absolute atomic E-state index is 13.8. The Morgan fingerprint density at radius 3 is 2.15 bits per heavy atom. The molecular weight excluding hydrogens is 535 g/mol. The monoisotopic (exact) mass is 562 g/mol. The molecule has 2 amide bonds. The predicted octanol–water partition coefficient (Wildman–Crippen LogP) is 6.47. The molecule has 4 aromatic rings. The molecule has 0 bridgehead atoms. The summed E-state index contributed by atoms with van der Waals surface area (Å²) >= 11 is 12.3. The molecule has 0 aliphatic heterocycles. The van der Waals surface area contributed by atoms with E-state index in [1.807, 2.05) is 66.7 Å². The van der Waals surface area contributed by atoms with Gasteiger partial charge in [-0.15, -0.1) is 0 Å². The van der Waals surface area contributed by atoms with Crippen molar-refractivity contribution in [3.05, 3.63) is 130 Å². The smallest absolute Gasteiger partial charge is 0.261 e. The first-order valence-electron chi connectivity index (χ1n) is 12.3. The summed E-state index contributed by atoms with van der Waals surface area (Å²) in [6.45, 7) is 0.0786. The molecule has 0 fully saturated rings. The summed E-state index contributed by atoms with van der Waals surface area (Å²) in [4.78, 5) is 29.0. The van der Waals surface area contributed by atoms with Crippen LogP contribution in [-0.4, -0.2) is 30.4 Å². The summed E-state index contributed by atoms with van der Waals surface area (Å²) in [5.41, 5.74) is 2.29. The second kappa shape index (κ2) is 13.7. The van der Waals surface area contributed by atoms with Gasteiger partial charge in [0, 0.05) is 23.7 Å². The molecule has 0 aromatic heterocycles. The molecule has 0 aliphatic rings. The average Bonchev–Trinajstić information content (AvgIpc) is 2.97. The molecule has 0 heterocycles. The normalized spacial score (nSPS) is 11.4. The number of nitrogens with zero attached hydrogens (tertiary/aromatic N) is 1. The van der Waals surface area contributed by atoms with Crippen molar-refractivity contribution in [3.63, 3.8) is 0 Å². The molecule has 0 spiro atoms. The van der Waals surface area contributed by atoms with Crippen molar-refractivity contribution in [2.75, 3.05) is 13.7 Å². The van der Waals surface area contributed by atoms with Crippen LogP contribution in [0.5, 0.6) is 11.5 Å². The van der Waals surface area contributed by atoms with Gasteiger partial charge in [0.15, 0.2) is 6.61 Å². The molecule has 6 nitrogen and oxygen atoms in total. The zero-order valence-corrected chi connectivity index (χ0v) is 22.9. The van der Waals surface area contributed by atoms with Gasteiger partial charge in [-0.3, -0.25) is 9.59 Å². The fraction of sp³-hybridized carbons (Fsp3) is 0.161. The van der Waals surface area contributed by atoms with Crippen molar-refractivity contribution < 1.29 is 19.1 Å². The van der Waals surface area contributed by atoms with Crippen LogP contribution in [0.15, 0.2) is 103 Å². The second-order valence-electron chi connectivity index (χ2n) is 8.71. The van der Waals surface area contributed by atoms with Gasteiger partial charge in [-0.1, -0.05) is 96.0 Å². The minimum atomic E-state index is -0.932. The number of para-hydroxylation sites is 2. The molecule has 8 heteroatoms. The Morgan fingerprint density at radius 1 is 0.821 bits per heavy atom. The maximum Gasteiger partial charge on any atom is 0.261 e. The van der Waals surface area contributed by atoms with Crippen LogP contribution >= 0.6 is 23.2 Å². The van der Waals surface area contributed by atoms with Crippen molar-refractivity contribution in [2.45, 2.75) is 19.1 Å². The summed E-state index contributed by atoms with van der Waals surface area (Å²) in [6, 6.07) is 29.8. The number of halogens is 2. The number of benzene rings is 4. The maximum atomic E-state index is 13.8. The highest BCUT2D eigenvalue weighted by molar-refractivity contribution is 6.32. The number of methoxy groups -OCH3 is 1. The Hall–Kier alpha value is -4.00. The third-order valence-corrected chi connectivity index (χ3v) is 6.66. The fourth-order valence-electron chi connectivity index (χ4n) is 4.13. The first-order valence-corrected chi connectivity index (χ1v) is 13.1. The van der Waals surface area contributed by atoms with Gasteiger partial charge in [-0.2, -0.15) is 0 Å². The number of rotatable bonds is 11. The topological polar surface area (TPSA) is 67.9 Å². The van der Waals surface area contributed by atoms with E-state index < -0.39 is 6.04 Å². The lowest BCUT2D eigenvalue weighted by atomic mass is 10.0. The summed E-state index contributed by atoms with van der Waals surface area (Å²) in [6.07, 6.45) is 0. The van der Waals surface area contributed by atoms with Crippen molar-refractivity contribution in [1.29, 1.82) is 0 Å². The second-order valence-corrected chi connectivity index (χ2v) is 9.55. The molecule has 200 valence electrons. The number of hydrogen-bond donors (Lipinski definition) is 1. The van der Waals surface area contributed by atoms with E-state index in [4.69, 9.17) is 32.7 Å². The number of carbonyl (C=O) groups is 2. The van der Waals surface area contributed by atoms with Gasteiger partial charge in [0.05, 0.1) is 12.1 Å². The molecule has 39 heavy (non-hydrogen) atoms. The summed E-state index contributed by atoms with van der Waals surface area (Å²) in [7, 11) is 1.58. The Morgan fingerprint density at radius 2 is 1.46 bits per heavy atom. The number of hydrogen-bond acceptors (Lipinski definition) is 4. The van der Waals surface area contributed by atoms with Gasteiger partial charge < -0.3 is 19.7 Å². The molecule has 4 aromatic carbocycles. The van der Waals surface area contributed by atoms with Crippen LogP contribution in [0.1, 0.15) is 22.7 Å². The Kier molecular flexibility index (Phi) is 9.84. The first kappa shape index (κ1) is 28.0. The molecule has 0 radical (unpaired) electrons. The number of amides is 2. The third kappa shape index (κ3) is 7.53. The van der Waals surface area contributed by atoms with Crippen LogP contribution in [0.4, 0.5) is 0 Å². The minimum Gasteiger partial charge on any atom is -0.496 e. The van der Waals surface area contributed by atoms with Crippen molar-refractivity contribution in [1.82, 2.24) is 10.2 Å². The van der Waals surface area contributed by atoms with Gasteiger partial charge in [-0.05, 0) is 41.5 Å². The molecule has 1 atom stereocenters. The highest BCUT2D eigenvalue weighted by atomic mass is 35.5. The first-order chi connectivity index (χ1) is 19.0. The van der Waals surface area contributed by atoms with E-state index in [9.17, 15) is 9.59 Å². The molecule has 0 unspecified atom stereocenters. The zero-order chi connectivity index (χ0) is 27.6. The lowest BCUT2D eigenvalue weighted by Gasteiger charge is -2.31. The van der Waals surface area contributed by atoms with Crippen molar-refractivity contribution in [3.8, 4) is 11.5 Å². The predicted molar refractivity (Wildman–Crippen MR) is 153 cm³/mol. The summed E-state index contributed by atoms with van der Waals surface area (Å²) in [5.74, 6) is 0.325. The highest BCUT2D eigenvalue weighted by Gasteiger charge is 2.32. The quantitative estimate of drug-likeness (QED) is 0.227. The Balaban J connectivity index is 1.65. The standard InChI is InChI=1S/C31H28Cl2N2O4/c1-38-27-13-7-5-11-24(27)19-34-31(37)30(23-9-3-2-4-10-23)35(20-22-15-17-25(32)18-16-22)29(36)21-39-28-14-8-6-12-26(28)33/h2-18,30H,19-21H2,1H3,(H,34,37)/t30-/m1/s1. The average molecular weight is 563 g/mol. The minimum absolute atomic E-state index is 0.156. The van der Waals surface area contributed by atoms with E-state index in [-0.39, 0.29) is 31.5 Å². The van der Waals surface area contributed by atoms with Crippen LogP contribution in [0, 0.1) is 0 Å². The van der Waals surface area contributed by atoms with Gasteiger partial charge in [0.25, 0.3) is 5.91 Å². The van der Waals surface area contributed by atoms with E-state index in [0.29, 0.717) is 27.1 Å². The van der Waals surface area contributed by atoms with Crippen molar-refractivity contribution >= 4 is 35.0 Å². The van der Waals surface area contributed by atoms with E-state index in [0.717, 1.165) is 11.1 Å². The highest BCUT2D eigenvalue weighted by Crippen LogP contribution is 2.27. The fourth-order valence-corrected chi connectivity index (χ4v) is 4.45. The van der Waals surface area contributed by atoms with Crippen LogP contribution in [0.25, 0.3) is 0 Å². The summed E-state index contributed by atoms with van der Waals surface area (Å²) < 4.78 is 11.2. The van der Waals surface area contributed by atoms with Gasteiger partial charge >= 0.3 is 0 Å². The molecule has 0 saturated heterocycles. The lowest BCUT2D eigenvalue weighted by Crippen LogP contribution is -2.45. The lowest BCUT2D eigenvalue weighted by molar-refractivity contribution is -0.143. The van der Waals surface area contributed by atoms with Crippen LogP contribution < -0.4 is 14.8 Å². The Bertz CT molecular complexity index is 1400. The van der Waals surface area contributed by atoms with Crippen LogP contribution in [0.2, 0.25) is 10.0 Å². The van der Waals surface area contributed by atoms with E-state index in [2.05, 4.69) is 5.32 Å². The third-order valence-electron chi connectivity index (χ3n) is 6.10. The van der Waals surface area contributed by atoms with Crippen LogP contribution in [-0.2, 0) is 22.7 Å². The van der Waals surface area contributed by atoms with E-state index >= 15 is 0 Å². The summed E-state index contributed by atoms with van der Waals surface area (Å²) in [5, 5.41) is 3.96. The van der Waals surface area contributed by atoms with Gasteiger partial charge in [-0.25, -0.2) is 0 Å². The zero-order valence-electron chi connectivity index (χ0n) is 21.3. The van der Waals surface area contributed by atoms with Crippen molar-refractivity contribution in [2.24, 2.45) is 0 Å². The molecule has 0 saturated carbocycles. The Labute approximate surface area is 238 Å². The molecule has 1 N–H and O–H groups in total. The van der Waals surface area contributed by atoms with Gasteiger partial charge in [0.2, 0.25) is 5.91 Å². The van der Waals surface area contributed by atoms with E-state index in [1.54, 1.807) is 43.5 Å².